The number of nitrogens with zero attached hydrogens (tertiary/aromatic N) is 2. The Morgan fingerprint density at radius 3 is 1.31 bits per heavy atom. The number of hydrogen-bond donors (Lipinski definition) is 0. The summed E-state index contributed by atoms with van der Waals surface area (Å²) >= 11 is 0. The molecule has 0 spiro atoms. The van der Waals surface area contributed by atoms with Crippen LogP contribution in [-0.2, 0) is 0 Å². The summed E-state index contributed by atoms with van der Waals surface area (Å²) in [5, 5.41) is 2.50. The molecule has 0 amide bonds. The van der Waals surface area contributed by atoms with Crippen molar-refractivity contribution in [2.24, 2.45) is 0 Å². The Balaban J connectivity index is 0.943. The van der Waals surface area contributed by atoms with Gasteiger partial charge in [-0.1, -0.05) is 206 Å². The van der Waals surface area contributed by atoms with Crippen LogP contribution in [0.25, 0.3) is 94.3 Å². The van der Waals surface area contributed by atoms with Gasteiger partial charge in [0.05, 0.1) is 11.0 Å². The van der Waals surface area contributed by atoms with Crippen molar-refractivity contribution in [1.82, 2.24) is 4.57 Å². The number of aromatic nitrogens is 1. The molecule has 0 saturated carbocycles. The summed E-state index contributed by atoms with van der Waals surface area (Å²) < 4.78 is 2.39. The molecule has 2 heteroatoms. The zero-order valence-electron chi connectivity index (χ0n) is 37.5. The van der Waals surface area contributed by atoms with E-state index in [0.29, 0.717) is 0 Å². The van der Waals surface area contributed by atoms with E-state index in [4.69, 9.17) is 0 Å². The molecule has 0 atom stereocenters. The summed E-state index contributed by atoms with van der Waals surface area (Å²) in [5.74, 6) is 0. The Kier molecular flexibility index (Phi) is 10.6. The van der Waals surface area contributed by atoms with Gasteiger partial charge in [-0.25, -0.2) is 0 Å². The lowest BCUT2D eigenvalue weighted by Crippen LogP contribution is -2.10. The minimum absolute atomic E-state index is 1.08. The number of fused-ring (bicyclic) bond motifs is 3. The quantitative estimate of drug-likeness (QED) is 0.133. The highest BCUT2D eigenvalue weighted by molar-refractivity contribution is 6.16. The lowest BCUT2D eigenvalue weighted by Gasteiger charge is -2.26. The molecule has 11 aromatic carbocycles. The van der Waals surface area contributed by atoms with Gasteiger partial charge in [0.15, 0.2) is 0 Å². The Labute approximate surface area is 397 Å². The predicted molar refractivity (Wildman–Crippen MR) is 288 cm³/mol. The summed E-state index contributed by atoms with van der Waals surface area (Å²) in [6.07, 6.45) is 0. The van der Waals surface area contributed by atoms with E-state index in [0.717, 1.165) is 33.9 Å². The van der Waals surface area contributed by atoms with E-state index < -0.39 is 0 Å². The third-order valence-corrected chi connectivity index (χ3v) is 13.2. The fourth-order valence-corrected chi connectivity index (χ4v) is 9.96. The molecule has 320 valence electrons. The summed E-state index contributed by atoms with van der Waals surface area (Å²) in [6, 6.07) is 101. The van der Waals surface area contributed by atoms with Crippen LogP contribution >= 0.6 is 0 Å². The van der Waals surface area contributed by atoms with Crippen molar-refractivity contribution < 1.29 is 0 Å². The average molecular weight is 867 g/mol. The summed E-state index contributed by atoms with van der Waals surface area (Å²) in [4.78, 5) is 2.38. The molecule has 0 bridgehead atoms. The summed E-state index contributed by atoms with van der Waals surface area (Å²) in [7, 11) is 0. The third kappa shape index (κ3) is 7.64. The van der Waals surface area contributed by atoms with Gasteiger partial charge in [0.25, 0.3) is 0 Å². The molecule has 0 fully saturated rings. The van der Waals surface area contributed by atoms with Crippen LogP contribution in [0.15, 0.2) is 279 Å². The lowest BCUT2D eigenvalue weighted by molar-refractivity contribution is 1.18. The summed E-state index contributed by atoms with van der Waals surface area (Å²) in [6.45, 7) is 0. The van der Waals surface area contributed by atoms with Crippen molar-refractivity contribution in [1.29, 1.82) is 0 Å². The monoisotopic (exact) mass is 866 g/mol. The maximum atomic E-state index is 2.39. The molecule has 68 heavy (non-hydrogen) atoms. The first-order valence-corrected chi connectivity index (χ1v) is 23.3. The molecule has 12 rings (SSSR count). The van der Waals surface area contributed by atoms with Crippen LogP contribution in [0.2, 0.25) is 0 Å². The van der Waals surface area contributed by atoms with Crippen molar-refractivity contribution in [3.8, 4) is 72.4 Å². The first-order valence-electron chi connectivity index (χ1n) is 23.3. The molecule has 0 radical (unpaired) electrons. The Hall–Kier alpha value is -8.98. The van der Waals surface area contributed by atoms with Crippen molar-refractivity contribution >= 4 is 38.9 Å². The minimum Gasteiger partial charge on any atom is -0.310 e. The van der Waals surface area contributed by atoms with Crippen LogP contribution in [0.1, 0.15) is 0 Å². The maximum absolute atomic E-state index is 2.39. The highest BCUT2D eigenvalue weighted by Gasteiger charge is 2.18. The molecule has 2 nitrogen and oxygen atoms in total. The molecule has 0 saturated heterocycles. The second kappa shape index (κ2) is 17.8. The number of rotatable bonds is 10. The molecular weight excluding hydrogens is 821 g/mol. The highest BCUT2D eigenvalue weighted by Crippen LogP contribution is 2.42. The standard InChI is InChI=1S/C66H46N2/c1-4-18-47(19-5-1)51-22-14-23-52(44-51)48-36-40-57(41-37-48)67(58-42-38-50(39-43-58)61-31-11-10-30-60(61)49-20-6-2-7-21-49)59-29-16-25-54(46-59)53-24-15-26-55(45-53)62-33-17-35-65-66(62)63-32-12-13-34-64(63)68(65)56-27-8-3-9-28-56/h1-46H. The maximum Gasteiger partial charge on any atom is 0.0547 e. The van der Waals surface area contributed by atoms with Crippen LogP contribution in [0, 0.1) is 0 Å². The average Bonchev–Trinajstić information content (AvgIpc) is 3.77. The van der Waals surface area contributed by atoms with Crippen molar-refractivity contribution in [3.63, 3.8) is 0 Å². The van der Waals surface area contributed by atoms with Gasteiger partial charge < -0.3 is 9.47 Å². The zero-order chi connectivity index (χ0) is 45.2. The first-order chi connectivity index (χ1) is 33.7. The van der Waals surface area contributed by atoms with Crippen LogP contribution < -0.4 is 4.90 Å². The van der Waals surface area contributed by atoms with Gasteiger partial charge in [-0.05, 0) is 140 Å². The van der Waals surface area contributed by atoms with Gasteiger partial charge in [-0.2, -0.15) is 0 Å². The number of hydrogen-bond acceptors (Lipinski definition) is 1. The van der Waals surface area contributed by atoms with E-state index in [-0.39, 0.29) is 0 Å². The highest BCUT2D eigenvalue weighted by atomic mass is 15.1. The number of anilines is 3. The Morgan fingerprint density at radius 1 is 0.235 bits per heavy atom. The summed E-state index contributed by atoms with van der Waals surface area (Å²) in [5.41, 5.74) is 21.1. The van der Waals surface area contributed by atoms with E-state index >= 15 is 0 Å². The largest absolute Gasteiger partial charge is 0.310 e. The fourth-order valence-electron chi connectivity index (χ4n) is 9.96. The predicted octanol–water partition coefficient (Wildman–Crippen LogP) is 18.3. The SMILES string of the molecule is c1ccc(-c2cccc(-c3ccc(N(c4ccc(-c5ccccc5-c5ccccc5)cc4)c4cccc(-c5cccc(-c6cccc7c6c6ccccc6n7-c6ccccc6)c5)c4)cc3)c2)cc1. The van der Waals surface area contributed by atoms with Crippen molar-refractivity contribution in [3.05, 3.63) is 279 Å². The second-order valence-electron chi connectivity index (χ2n) is 17.3. The van der Waals surface area contributed by atoms with Crippen molar-refractivity contribution in [2.75, 3.05) is 4.90 Å². The molecule has 1 aromatic heterocycles. The van der Waals surface area contributed by atoms with E-state index in [1.807, 2.05) is 0 Å². The van der Waals surface area contributed by atoms with Crippen LogP contribution in [0.3, 0.4) is 0 Å². The number of benzene rings is 11. The van der Waals surface area contributed by atoms with Gasteiger partial charge in [-0.15, -0.1) is 0 Å². The van der Waals surface area contributed by atoms with Gasteiger partial charge in [0.2, 0.25) is 0 Å². The molecule has 0 N–H and O–H groups in total. The zero-order valence-corrected chi connectivity index (χ0v) is 37.5. The van der Waals surface area contributed by atoms with Crippen LogP contribution in [0.4, 0.5) is 17.1 Å². The number of para-hydroxylation sites is 2. The minimum atomic E-state index is 1.08. The molecule has 0 unspecified atom stereocenters. The van der Waals surface area contributed by atoms with Gasteiger partial charge in [-0.3, -0.25) is 0 Å². The molecule has 0 aliphatic carbocycles. The van der Waals surface area contributed by atoms with Crippen LogP contribution in [0.5, 0.6) is 0 Å². The first kappa shape index (κ1) is 40.5. The Bertz CT molecular complexity index is 3700. The molecular formula is C66H46N2. The smallest absolute Gasteiger partial charge is 0.0547 e. The molecule has 12 aromatic rings. The topological polar surface area (TPSA) is 8.17 Å². The van der Waals surface area contributed by atoms with Crippen molar-refractivity contribution in [2.45, 2.75) is 0 Å². The van der Waals surface area contributed by atoms with Gasteiger partial charge in [0.1, 0.15) is 0 Å². The van der Waals surface area contributed by atoms with E-state index in [2.05, 4.69) is 289 Å². The molecule has 1 heterocycles. The fraction of sp³-hybridized carbons (Fsp3) is 0. The second-order valence-corrected chi connectivity index (χ2v) is 17.3. The lowest BCUT2D eigenvalue weighted by atomic mass is 9.94. The van der Waals surface area contributed by atoms with E-state index in [9.17, 15) is 0 Å². The van der Waals surface area contributed by atoms with Gasteiger partial charge in [0, 0.05) is 33.5 Å². The van der Waals surface area contributed by atoms with Crippen LogP contribution in [-0.4, -0.2) is 4.57 Å². The molecule has 0 aliphatic heterocycles. The van der Waals surface area contributed by atoms with Gasteiger partial charge >= 0.3 is 0 Å². The van der Waals surface area contributed by atoms with E-state index in [1.165, 1.54) is 77.4 Å². The Morgan fingerprint density at radius 2 is 0.647 bits per heavy atom. The third-order valence-electron chi connectivity index (χ3n) is 13.2. The van der Waals surface area contributed by atoms with E-state index in [1.54, 1.807) is 0 Å². The molecule has 0 aliphatic rings. The normalized spacial score (nSPS) is 11.2.